The highest BCUT2D eigenvalue weighted by molar-refractivity contribution is 5.79. The summed E-state index contributed by atoms with van der Waals surface area (Å²) < 4.78 is 0. The summed E-state index contributed by atoms with van der Waals surface area (Å²) in [5, 5.41) is 3.03. The van der Waals surface area contributed by atoms with E-state index in [1.165, 1.54) is 16.7 Å². The van der Waals surface area contributed by atoms with Gasteiger partial charge in [0.2, 0.25) is 5.91 Å². The van der Waals surface area contributed by atoms with Crippen LogP contribution in [0.1, 0.15) is 37.5 Å². The number of aryl methyl sites for hydroxylation is 2. The molecule has 19 heavy (non-hydrogen) atoms. The minimum Gasteiger partial charge on any atom is -0.353 e. The van der Waals surface area contributed by atoms with Gasteiger partial charge in [-0.2, -0.15) is 0 Å². The van der Waals surface area contributed by atoms with E-state index >= 15 is 0 Å². The highest BCUT2D eigenvalue weighted by Crippen LogP contribution is 2.11. The van der Waals surface area contributed by atoms with Crippen LogP contribution in [-0.4, -0.2) is 18.0 Å². The zero-order valence-corrected chi connectivity index (χ0v) is 12.7. The number of benzene rings is 1. The lowest BCUT2D eigenvalue weighted by Gasteiger charge is -2.20. The first kappa shape index (κ1) is 15.7. The number of nitrogens with two attached hydrogens (primary N) is 1. The van der Waals surface area contributed by atoms with Crippen LogP contribution in [0.2, 0.25) is 0 Å². The van der Waals surface area contributed by atoms with E-state index in [0.717, 1.165) is 6.42 Å². The molecule has 3 unspecified atom stereocenters. The van der Waals surface area contributed by atoms with Crippen molar-refractivity contribution >= 4 is 5.91 Å². The zero-order valence-electron chi connectivity index (χ0n) is 12.7. The van der Waals surface area contributed by atoms with Gasteiger partial charge in [0, 0.05) is 18.0 Å². The molecule has 0 aromatic heterocycles. The van der Waals surface area contributed by atoms with Crippen LogP contribution in [0.4, 0.5) is 0 Å². The van der Waals surface area contributed by atoms with E-state index in [1.54, 1.807) is 0 Å². The summed E-state index contributed by atoms with van der Waals surface area (Å²) in [5.74, 6) is -0.117. The van der Waals surface area contributed by atoms with Gasteiger partial charge in [-0.1, -0.05) is 36.2 Å². The lowest BCUT2D eigenvalue weighted by atomic mass is 10.00. The summed E-state index contributed by atoms with van der Waals surface area (Å²) >= 11 is 0. The van der Waals surface area contributed by atoms with Crippen molar-refractivity contribution in [3.05, 3.63) is 34.9 Å². The van der Waals surface area contributed by atoms with Crippen molar-refractivity contribution in [2.75, 3.05) is 0 Å². The first-order valence-corrected chi connectivity index (χ1v) is 6.92. The topological polar surface area (TPSA) is 55.1 Å². The molecule has 3 atom stereocenters. The molecule has 1 aromatic carbocycles. The summed E-state index contributed by atoms with van der Waals surface area (Å²) in [6.07, 6.45) is 0.847. The van der Waals surface area contributed by atoms with E-state index < -0.39 is 0 Å². The lowest BCUT2D eigenvalue weighted by Crippen LogP contribution is -2.43. The smallest absolute Gasteiger partial charge is 0.224 e. The fraction of sp³-hybridized carbons (Fsp3) is 0.562. The fourth-order valence-electron chi connectivity index (χ4n) is 2.20. The molecule has 0 aliphatic carbocycles. The van der Waals surface area contributed by atoms with Crippen LogP contribution in [0.25, 0.3) is 0 Å². The van der Waals surface area contributed by atoms with Gasteiger partial charge >= 0.3 is 0 Å². The third kappa shape index (κ3) is 5.03. The predicted octanol–water partition coefficient (Wildman–Crippen LogP) is 2.33. The Hall–Kier alpha value is -1.35. The second-order valence-electron chi connectivity index (χ2n) is 5.76. The Labute approximate surface area is 116 Å². The number of amides is 1. The van der Waals surface area contributed by atoms with Crippen LogP contribution in [0.3, 0.4) is 0 Å². The molecule has 3 heteroatoms. The van der Waals surface area contributed by atoms with Gasteiger partial charge in [0.25, 0.3) is 0 Å². The van der Waals surface area contributed by atoms with E-state index in [0.29, 0.717) is 0 Å². The van der Waals surface area contributed by atoms with E-state index in [2.05, 4.69) is 37.4 Å². The maximum Gasteiger partial charge on any atom is 0.224 e. The van der Waals surface area contributed by atoms with Crippen molar-refractivity contribution in [1.29, 1.82) is 0 Å². The Morgan fingerprint density at radius 2 is 1.68 bits per heavy atom. The van der Waals surface area contributed by atoms with Gasteiger partial charge in [0.15, 0.2) is 0 Å². The standard InChI is InChI=1S/C16H26N2O/c1-10-6-11(2)8-15(7-10)9-12(3)18-16(19)13(4)14(5)17/h6-8,12-14H,9,17H2,1-5H3,(H,18,19). The van der Waals surface area contributed by atoms with Crippen molar-refractivity contribution in [1.82, 2.24) is 5.32 Å². The third-order valence-electron chi connectivity index (χ3n) is 3.41. The number of carbonyl (C=O) groups excluding carboxylic acids is 1. The number of nitrogens with one attached hydrogen (secondary N) is 1. The van der Waals surface area contributed by atoms with Crippen molar-refractivity contribution < 1.29 is 4.79 Å². The Morgan fingerprint density at radius 1 is 1.16 bits per heavy atom. The molecule has 0 saturated carbocycles. The quantitative estimate of drug-likeness (QED) is 0.855. The molecular formula is C16H26N2O. The van der Waals surface area contributed by atoms with Crippen LogP contribution in [0, 0.1) is 19.8 Å². The van der Waals surface area contributed by atoms with Crippen LogP contribution in [-0.2, 0) is 11.2 Å². The Morgan fingerprint density at radius 3 is 2.16 bits per heavy atom. The molecule has 3 N–H and O–H groups in total. The van der Waals surface area contributed by atoms with E-state index in [9.17, 15) is 4.79 Å². The molecule has 1 rings (SSSR count). The maximum absolute atomic E-state index is 11.9. The van der Waals surface area contributed by atoms with Crippen molar-refractivity contribution in [3.63, 3.8) is 0 Å². The maximum atomic E-state index is 11.9. The Balaban J connectivity index is 2.60. The number of hydrogen-bond acceptors (Lipinski definition) is 2. The normalized spacial score (nSPS) is 15.7. The molecule has 1 amide bonds. The van der Waals surface area contributed by atoms with Gasteiger partial charge < -0.3 is 11.1 Å². The van der Waals surface area contributed by atoms with E-state index in [1.807, 2.05) is 20.8 Å². The van der Waals surface area contributed by atoms with Gasteiger partial charge in [0.1, 0.15) is 0 Å². The monoisotopic (exact) mass is 262 g/mol. The van der Waals surface area contributed by atoms with Gasteiger partial charge in [-0.3, -0.25) is 4.79 Å². The average Bonchev–Trinajstić information content (AvgIpc) is 2.25. The largest absolute Gasteiger partial charge is 0.353 e. The minimum absolute atomic E-state index is 0.0341. The van der Waals surface area contributed by atoms with E-state index in [4.69, 9.17) is 5.73 Å². The highest BCUT2D eigenvalue weighted by atomic mass is 16.1. The van der Waals surface area contributed by atoms with Crippen LogP contribution >= 0.6 is 0 Å². The summed E-state index contributed by atoms with van der Waals surface area (Å²) in [7, 11) is 0. The third-order valence-corrected chi connectivity index (χ3v) is 3.41. The Bertz CT molecular complexity index is 420. The summed E-state index contributed by atoms with van der Waals surface area (Å²) in [5.41, 5.74) is 9.53. The molecule has 0 aliphatic heterocycles. The number of rotatable bonds is 5. The number of hydrogen-bond donors (Lipinski definition) is 2. The van der Waals surface area contributed by atoms with Crippen molar-refractivity contribution in [3.8, 4) is 0 Å². The van der Waals surface area contributed by atoms with Crippen LogP contribution in [0.15, 0.2) is 18.2 Å². The molecule has 3 nitrogen and oxygen atoms in total. The molecule has 1 aromatic rings. The molecule has 0 spiro atoms. The fourth-order valence-corrected chi connectivity index (χ4v) is 2.20. The summed E-state index contributed by atoms with van der Waals surface area (Å²) in [6.45, 7) is 9.95. The molecule has 0 heterocycles. The Kier molecular flexibility index (Phi) is 5.55. The molecule has 0 radical (unpaired) electrons. The van der Waals surface area contributed by atoms with Gasteiger partial charge in [0.05, 0.1) is 0 Å². The number of carbonyl (C=O) groups is 1. The van der Waals surface area contributed by atoms with Gasteiger partial charge in [-0.05, 0) is 39.7 Å². The molecule has 106 valence electrons. The van der Waals surface area contributed by atoms with Crippen LogP contribution in [0.5, 0.6) is 0 Å². The highest BCUT2D eigenvalue weighted by Gasteiger charge is 2.18. The van der Waals surface area contributed by atoms with E-state index in [-0.39, 0.29) is 23.9 Å². The first-order chi connectivity index (χ1) is 8.79. The second kappa shape index (κ2) is 6.71. The molecule has 0 aliphatic rings. The van der Waals surface area contributed by atoms with Gasteiger partial charge in [-0.25, -0.2) is 0 Å². The zero-order chi connectivity index (χ0) is 14.6. The SMILES string of the molecule is Cc1cc(C)cc(CC(C)NC(=O)C(C)C(C)N)c1. The average molecular weight is 262 g/mol. The summed E-state index contributed by atoms with van der Waals surface area (Å²) in [4.78, 5) is 11.9. The second-order valence-corrected chi connectivity index (χ2v) is 5.76. The van der Waals surface area contributed by atoms with Gasteiger partial charge in [-0.15, -0.1) is 0 Å². The predicted molar refractivity (Wildman–Crippen MR) is 80.0 cm³/mol. The minimum atomic E-state index is -0.151. The summed E-state index contributed by atoms with van der Waals surface area (Å²) in [6, 6.07) is 6.50. The molecule has 0 bridgehead atoms. The van der Waals surface area contributed by atoms with Crippen molar-refractivity contribution in [2.24, 2.45) is 11.7 Å². The first-order valence-electron chi connectivity index (χ1n) is 6.92. The molecular weight excluding hydrogens is 236 g/mol. The van der Waals surface area contributed by atoms with Crippen LogP contribution < -0.4 is 11.1 Å². The van der Waals surface area contributed by atoms with Crippen molar-refractivity contribution in [2.45, 2.75) is 53.1 Å². The lowest BCUT2D eigenvalue weighted by molar-refractivity contribution is -0.125. The molecule has 0 saturated heterocycles. The molecule has 0 fully saturated rings.